The van der Waals surface area contributed by atoms with Crippen LogP contribution in [0, 0.1) is 10.1 Å². The molecule has 0 heterocycles. The largest absolute Gasteiger partial charge is 0.496 e. The second-order valence-electron chi connectivity index (χ2n) is 3.91. The molecular weight excluding hydrogens is 268 g/mol. The zero-order valence-electron chi connectivity index (χ0n) is 11.0. The molecule has 0 saturated heterocycles. The summed E-state index contributed by atoms with van der Waals surface area (Å²) in [5.74, 6) is -1.80. The van der Waals surface area contributed by atoms with Gasteiger partial charge < -0.3 is 15.2 Å². The molecule has 0 aliphatic heterocycles. The molecule has 1 amide bonds. The summed E-state index contributed by atoms with van der Waals surface area (Å²) >= 11 is 0. The third-order valence-electron chi connectivity index (χ3n) is 2.65. The summed E-state index contributed by atoms with van der Waals surface area (Å²) in [4.78, 5) is 32.8. The minimum absolute atomic E-state index is 0.0111. The maximum absolute atomic E-state index is 12.0. The molecule has 0 aliphatic carbocycles. The fourth-order valence-corrected chi connectivity index (χ4v) is 1.56. The predicted molar refractivity (Wildman–Crippen MR) is 68.8 cm³/mol. The predicted octanol–water partition coefficient (Wildman–Crippen LogP) is 1.20. The van der Waals surface area contributed by atoms with E-state index in [1.54, 1.807) is 6.92 Å². The molecule has 1 aromatic carbocycles. The van der Waals surface area contributed by atoms with Crippen molar-refractivity contribution < 1.29 is 24.4 Å². The van der Waals surface area contributed by atoms with Crippen LogP contribution in [0.15, 0.2) is 18.2 Å². The number of carboxylic acid groups (broad SMARTS) is 1. The van der Waals surface area contributed by atoms with Crippen LogP contribution in [0.3, 0.4) is 0 Å². The van der Waals surface area contributed by atoms with Gasteiger partial charge in [-0.15, -0.1) is 0 Å². The molecule has 0 bridgehead atoms. The van der Waals surface area contributed by atoms with E-state index in [0.29, 0.717) is 0 Å². The average Bonchev–Trinajstić information content (AvgIpc) is 2.43. The molecule has 1 aromatic rings. The Balaban J connectivity index is 3.04. The van der Waals surface area contributed by atoms with Gasteiger partial charge in [-0.2, -0.15) is 0 Å². The molecule has 0 fully saturated rings. The Hall–Kier alpha value is -2.64. The summed E-state index contributed by atoms with van der Waals surface area (Å²) in [7, 11) is 1.27. The van der Waals surface area contributed by atoms with Crippen molar-refractivity contribution in [1.82, 2.24) is 5.32 Å². The molecule has 0 spiro atoms. The van der Waals surface area contributed by atoms with Crippen LogP contribution in [-0.4, -0.2) is 35.1 Å². The van der Waals surface area contributed by atoms with Crippen molar-refractivity contribution in [2.75, 3.05) is 7.11 Å². The van der Waals surface area contributed by atoms with E-state index in [1.807, 2.05) is 0 Å². The normalized spacial score (nSPS) is 11.5. The average molecular weight is 282 g/mol. The summed E-state index contributed by atoms with van der Waals surface area (Å²) in [6.07, 6.45) is 0.219. The highest BCUT2D eigenvalue weighted by atomic mass is 16.6. The lowest BCUT2D eigenvalue weighted by atomic mass is 10.1. The first-order valence-corrected chi connectivity index (χ1v) is 5.76. The number of carboxylic acids is 1. The molecule has 0 saturated carbocycles. The molecular formula is C12H14N2O6. The summed E-state index contributed by atoms with van der Waals surface area (Å²) < 4.78 is 4.92. The van der Waals surface area contributed by atoms with E-state index in [2.05, 4.69) is 5.32 Å². The van der Waals surface area contributed by atoms with E-state index in [-0.39, 0.29) is 23.4 Å². The molecule has 8 nitrogen and oxygen atoms in total. The van der Waals surface area contributed by atoms with Crippen molar-refractivity contribution >= 4 is 17.6 Å². The van der Waals surface area contributed by atoms with E-state index < -0.39 is 22.8 Å². The van der Waals surface area contributed by atoms with Crippen LogP contribution in [0.5, 0.6) is 5.75 Å². The van der Waals surface area contributed by atoms with Crippen molar-refractivity contribution in [2.45, 2.75) is 19.4 Å². The Bertz CT molecular complexity index is 543. The highest BCUT2D eigenvalue weighted by molar-refractivity contribution is 5.99. The molecule has 108 valence electrons. The fraction of sp³-hybridized carbons (Fsp3) is 0.333. The number of amides is 1. The lowest BCUT2D eigenvalue weighted by Gasteiger charge is -2.13. The molecule has 20 heavy (non-hydrogen) atoms. The van der Waals surface area contributed by atoms with Gasteiger partial charge in [0.2, 0.25) is 0 Å². The highest BCUT2D eigenvalue weighted by Gasteiger charge is 2.22. The van der Waals surface area contributed by atoms with Gasteiger partial charge in [-0.3, -0.25) is 14.9 Å². The lowest BCUT2D eigenvalue weighted by molar-refractivity contribution is -0.384. The number of nitro groups is 1. The number of nitro benzene ring substituents is 1. The zero-order chi connectivity index (χ0) is 15.3. The third-order valence-corrected chi connectivity index (χ3v) is 2.65. The van der Waals surface area contributed by atoms with Gasteiger partial charge in [0.25, 0.3) is 11.6 Å². The van der Waals surface area contributed by atoms with Crippen molar-refractivity contribution in [3.63, 3.8) is 0 Å². The van der Waals surface area contributed by atoms with Crippen LogP contribution in [0.2, 0.25) is 0 Å². The first-order valence-electron chi connectivity index (χ1n) is 5.76. The van der Waals surface area contributed by atoms with Crippen LogP contribution < -0.4 is 10.1 Å². The molecule has 0 aliphatic rings. The van der Waals surface area contributed by atoms with Gasteiger partial charge in [-0.1, -0.05) is 6.92 Å². The molecule has 0 radical (unpaired) electrons. The van der Waals surface area contributed by atoms with E-state index in [9.17, 15) is 19.7 Å². The number of nitrogens with zero attached hydrogens (tertiary/aromatic N) is 1. The Kier molecular flexibility index (Phi) is 5.01. The first-order chi connectivity index (χ1) is 9.40. The number of nitrogens with one attached hydrogen (secondary N) is 1. The Labute approximate surface area is 114 Å². The van der Waals surface area contributed by atoms with Gasteiger partial charge in [0.05, 0.1) is 23.7 Å². The third kappa shape index (κ3) is 3.44. The topological polar surface area (TPSA) is 119 Å². The summed E-state index contributed by atoms with van der Waals surface area (Å²) in [6.45, 7) is 1.62. The van der Waals surface area contributed by atoms with Gasteiger partial charge in [-0.05, 0) is 12.5 Å². The number of ether oxygens (including phenoxy) is 1. The van der Waals surface area contributed by atoms with Crippen LogP contribution in [0.25, 0.3) is 0 Å². The number of non-ortho nitro benzene ring substituents is 1. The Morgan fingerprint density at radius 1 is 1.50 bits per heavy atom. The maximum atomic E-state index is 12.0. The SMILES string of the molecule is CC[C@H](NC(=O)c1ccc([N+](=O)[O-])cc1OC)C(=O)O. The summed E-state index contributed by atoms with van der Waals surface area (Å²) in [6, 6.07) is 2.46. The number of carbonyl (C=O) groups is 2. The Morgan fingerprint density at radius 2 is 2.15 bits per heavy atom. The van der Waals surface area contributed by atoms with Crippen molar-refractivity contribution in [2.24, 2.45) is 0 Å². The van der Waals surface area contributed by atoms with Gasteiger partial charge in [-0.25, -0.2) is 4.79 Å². The Morgan fingerprint density at radius 3 is 2.60 bits per heavy atom. The molecule has 8 heteroatoms. The number of aliphatic carboxylic acids is 1. The number of benzene rings is 1. The second kappa shape index (κ2) is 6.50. The van der Waals surface area contributed by atoms with Crippen LogP contribution in [0.4, 0.5) is 5.69 Å². The minimum Gasteiger partial charge on any atom is -0.496 e. The van der Waals surface area contributed by atoms with Gasteiger partial charge >= 0.3 is 5.97 Å². The molecule has 2 N–H and O–H groups in total. The number of rotatable bonds is 6. The van der Waals surface area contributed by atoms with E-state index >= 15 is 0 Å². The number of hydrogen-bond acceptors (Lipinski definition) is 5. The second-order valence-corrected chi connectivity index (χ2v) is 3.91. The smallest absolute Gasteiger partial charge is 0.326 e. The van der Waals surface area contributed by atoms with E-state index in [4.69, 9.17) is 9.84 Å². The minimum atomic E-state index is -1.15. The van der Waals surface area contributed by atoms with Gasteiger partial charge in [0.1, 0.15) is 11.8 Å². The van der Waals surface area contributed by atoms with Gasteiger partial charge in [0.15, 0.2) is 0 Å². The fourth-order valence-electron chi connectivity index (χ4n) is 1.56. The van der Waals surface area contributed by atoms with Gasteiger partial charge in [0, 0.05) is 6.07 Å². The summed E-state index contributed by atoms with van der Waals surface area (Å²) in [5, 5.41) is 21.8. The number of methoxy groups -OCH3 is 1. The first kappa shape index (κ1) is 15.4. The monoisotopic (exact) mass is 282 g/mol. The molecule has 1 rings (SSSR count). The van der Waals surface area contributed by atoms with Crippen molar-refractivity contribution in [1.29, 1.82) is 0 Å². The molecule has 0 aromatic heterocycles. The highest BCUT2D eigenvalue weighted by Crippen LogP contribution is 2.24. The van der Waals surface area contributed by atoms with Crippen molar-refractivity contribution in [3.8, 4) is 5.75 Å². The van der Waals surface area contributed by atoms with Crippen molar-refractivity contribution in [3.05, 3.63) is 33.9 Å². The van der Waals surface area contributed by atoms with Crippen LogP contribution in [-0.2, 0) is 4.79 Å². The molecule has 1 atom stereocenters. The number of hydrogen-bond donors (Lipinski definition) is 2. The molecule has 0 unspecified atom stereocenters. The number of carbonyl (C=O) groups excluding carboxylic acids is 1. The van der Waals surface area contributed by atoms with E-state index in [0.717, 1.165) is 12.1 Å². The summed E-state index contributed by atoms with van der Waals surface area (Å²) in [5.41, 5.74) is -0.179. The quantitative estimate of drug-likeness (QED) is 0.597. The zero-order valence-corrected chi connectivity index (χ0v) is 11.0. The van der Waals surface area contributed by atoms with E-state index in [1.165, 1.54) is 13.2 Å². The standard InChI is InChI=1S/C12H14N2O6/c1-3-9(12(16)17)13-11(15)8-5-4-7(14(18)19)6-10(8)20-2/h4-6,9H,3H2,1-2H3,(H,13,15)(H,16,17)/t9-/m0/s1. The maximum Gasteiger partial charge on any atom is 0.326 e. The lowest BCUT2D eigenvalue weighted by Crippen LogP contribution is -2.40. The van der Waals surface area contributed by atoms with Crippen LogP contribution in [0.1, 0.15) is 23.7 Å². The van der Waals surface area contributed by atoms with Crippen LogP contribution >= 0.6 is 0 Å².